The molecular weight excluding hydrogens is 384 g/mol. The van der Waals surface area contributed by atoms with Gasteiger partial charge in [0.05, 0.1) is 16.3 Å². The molecule has 2 aromatic carbocycles. The number of aromatic nitrogens is 2. The first-order valence-corrected chi connectivity index (χ1v) is 11.2. The molecule has 0 fully saturated rings. The van der Waals surface area contributed by atoms with Gasteiger partial charge in [-0.1, -0.05) is 37.3 Å². The maximum atomic E-state index is 11.4. The maximum absolute atomic E-state index is 11.4. The molecule has 0 N–H and O–H groups in total. The minimum Gasteiger partial charge on any atom is -0.296 e. The van der Waals surface area contributed by atoms with Crippen molar-refractivity contribution in [3.8, 4) is 26.7 Å². The highest BCUT2D eigenvalue weighted by Crippen LogP contribution is 2.37. The van der Waals surface area contributed by atoms with Crippen LogP contribution in [0.4, 0.5) is 0 Å². The van der Waals surface area contributed by atoms with E-state index in [9.17, 15) is 4.79 Å². The van der Waals surface area contributed by atoms with Crippen molar-refractivity contribution in [2.24, 2.45) is 0 Å². The molecule has 2 aromatic heterocycles. The lowest BCUT2D eigenvalue weighted by atomic mass is 10.1. The molecule has 0 aliphatic heterocycles. The second-order valence-corrected chi connectivity index (χ2v) is 8.33. The SMILES string of the molecule is CCc1ccccc1-n1nc(C=O)cc1-c1ccc(-c2cccc(SC)c2)s1. The van der Waals surface area contributed by atoms with Gasteiger partial charge in [0.1, 0.15) is 5.69 Å². The lowest BCUT2D eigenvalue weighted by Gasteiger charge is -2.10. The molecule has 0 bridgehead atoms. The number of benzene rings is 2. The predicted octanol–water partition coefficient (Wildman–Crippen LogP) is 6.36. The van der Waals surface area contributed by atoms with Crippen molar-refractivity contribution in [1.82, 2.24) is 9.78 Å². The van der Waals surface area contributed by atoms with Gasteiger partial charge in [-0.2, -0.15) is 5.10 Å². The van der Waals surface area contributed by atoms with Crippen LogP contribution in [0.15, 0.2) is 71.6 Å². The van der Waals surface area contributed by atoms with E-state index in [4.69, 9.17) is 0 Å². The van der Waals surface area contributed by atoms with Gasteiger partial charge >= 0.3 is 0 Å². The average molecular weight is 405 g/mol. The summed E-state index contributed by atoms with van der Waals surface area (Å²) in [6.07, 6.45) is 3.80. The van der Waals surface area contributed by atoms with Crippen LogP contribution >= 0.6 is 23.1 Å². The van der Waals surface area contributed by atoms with Gasteiger partial charge in [-0.3, -0.25) is 4.79 Å². The quantitative estimate of drug-likeness (QED) is 0.277. The lowest BCUT2D eigenvalue weighted by molar-refractivity contribution is 0.111. The van der Waals surface area contributed by atoms with Gasteiger partial charge in [-0.25, -0.2) is 4.68 Å². The van der Waals surface area contributed by atoms with Crippen molar-refractivity contribution in [3.05, 3.63) is 78.0 Å². The molecule has 0 amide bonds. The highest BCUT2D eigenvalue weighted by Gasteiger charge is 2.16. The van der Waals surface area contributed by atoms with Gasteiger partial charge in [0.25, 0.3) is 0 Å². The number of carbonyl (C=O) groups excluding carboxylic acids is 1. The van der Waals surface area contributed by atoms with E-state index in [1.54, 1.807) is 23.1 Å². The third kappa shape index (κ3) is 3.55. The Labute approximate surface area is 173 Å². The Hall–Kier alpha value is -2.63. The van der Waals surface area contributed by atoms with Crippen molar-refractivity contribution in [2.75, 3.05) is 6.26 Å². The highest BCUT2D eigenvalue weighted by atomic mass is 32.2. The Morgan fingerprint density at radius 2 is 1.86 bits per heavy atom. The molecule has 2 heterocycles. The van der Waals surface area contributed by atoms with E-state index >= 15 is 0 Å². The number of thiophene rings is 1. The Morgan fingerprint density at radius 3 is 2.64 bits per heavy atom. The molecular formula is C23H20N2OS2. The summed E-state index contributed by atoms with van der Waals surface area (Å²) in [5, 5.41) is 4.55. The van der Waals surface area contributed by atoms with E-state index in [1.807, 2.05) is 22.9 Å². The zero-order chi connectivity index (χ0) is 19.5. The largest absolute Gasteiger partial charge is 0.296 e. The molecule has 0 unspecified atom stereocenters. The van der Waals surface area contributed by atoms with Crippen LogP contribution < -0.4 is 0 Å². The van der Waals surface area contributed by atoms with Crippen LogP contribution in [-0.2, 0) is 6.42 Å². The molecule has 0 saturated heterocycles. The summed E-state index contributed by atoms with van der Waals surface area (Å²) in [6.45, 7) is 2.13. The van der Waals surface area contributed by atoms with Crippen LogP contribution in [0.5, 0.6) is 0 Å². The molecule has 5 heteroatoms. The third-order valence-corrected chi connectivity index (χ3v) is 6.54. The molecule has 140 valence electrons. The minimum absolute atomic E-state index is 0.445. The molecule has 0 saturated carbocycles. The van der Waals surface area contributed by atoms with Crippen LogP contribution in [-0.4, -0.2) is 22.3 Å². The first kappa shape index (κ1) is 18.7. The van der Waals surface area contributed by atoms with Gasteiger partial charge in [0.15, 0.2) is 6.29 Å². The maximum Gasteiger partial charge on any atom is 0.170 e. The van der Waals surface area contributed by atoms with Crippen molar-refractivity contribution < 1.29 is 4.79 Å². The molecule has 0 aliphatic rings. The summed E-state index contributed by atoms with van der Waals surface area (Å²) < 4.78 is 1.90. The molecule has 28 heavy (non-hydrogen) atoms. The minimum atomic E-state index is 0.445. The first-order chi connectivity index (χ1) is 13.7. The highest BCUT2D eigenvalue weighted by molar-refractivity contribution is 7.98. The number of hydrogen-bond donors (Lipinski definition) is 0. The van der Waals surface area contributed by atoms with E-state index in [0.29, 0.717) is 5.69 Å². The van der Waals surface area contributed by atoms with Crippen LogP contribution in [0, 0.1) is 0 Å². The second kappa shape index (κ2) is 8.17. The Bertz CT molecular complexity index is 1130. The monoisotopic (exact) mass is 404 g/mol. The summed E-state index contributed by atoms with van der Waals surface area (Å²) >= 11 is 3.46. The van der Waals surface area contributed by atoms with E-state index in [0.717, 1.165) is 29.0 Å². The van der Waals surface area contributed by atoms with Gasteiger partial charge in [-0.05, 0) is 60.2 Å². The zero-order valence-electron chi connectivity index (χ0n) is 15.8. The second-order valence-electron chi connectivity index (χ2n) is 6.36. The van der Waals surface area contributed by atoms with Gasteiger partial charge in [0.2, 0.25) is 0 Å². The molecule has 0 aliphatic carbocycles. The number of aldehydes is 1. The summed E-state index contributed by atoms with van der Waals surface area (Å²) in [5.41, 5.74) is 4.82. The Kier molecular flexibility index (Phi) is 5.46. The molecule has 0 spiro atoms. The average Bonchev–Trinajstić information content (AvgIpc) is 3.40. The summed E-state index contributed by atoms with van der Waals surface area (Å²) in [6, 6.07) is 22.9. The van der Waals surface area contributed by atoms with Crippen LogP contribution in [0.3, 0.4) is 0 Å². The van der Waals surface area contributed by atoms with Crippen molar-refractivity contribution in [2.45, 2.75) is 18.2 Å². The number of hydrogen-bond acceptors (Lipinski definition) is 4. The zero-order valence-corrected chi connectivity index (χ0v) is 17.4. The summed E-state index contributed by atoms with van der Waals surface area (Å²) in [5.74, 6) is 0. The van der Waals surface area contributed by atoms with Crippen LogP contribution in [0.25, 0.3) is 26.7 Å². The number of thioether (sulfide) groups is 1. The van der Waals surface area contributed by atoms with Crippen molar-refractivity contribution in [1.29, 1.82) is 0 Å². The van der Waals surface area contributed by atoms with Crippen molar-refractivity contribution >= 4 is 29.4 Å². The molecule has 0 atom stereocenters. The molecule has 4 rings (SSSR count). The van der Waals surface area contributed by atoms with Crippen LogP contribution in [0.2, 0.25) is 0 Å². The fourth-order valence-corrected chi connectivity index (χ4v) is 4.70. The molecule has 3 nitrogen and oxygen atoms in total. The normalized spacial score (nSPS) is 10.9. The van der Waals surface area contributed by atoms with E-state index in [2.05, 4.69) is 66.8 Å². The summed E-state index contributed by atoms with van der Waals surface area (Å²) in [4.78, 5) is 15.0. The van der Waals surface area contributed by atoms with E-state index in [-0.39, 0.29) is 0 Å². The predicted molar refractivity (Wildman–Crippen MR) is 119 cm³/mol. The number of rotatable bonds is 6. The van der Waals surface area contributed by atoms with E-state index in [1.165, 1.54) is 20.9 Å². The number of para-hydroxylation sites is 1. The molecule has 0 radical (unpaired) electrons. The van der Waals surface area contributed by atoms with E-state index < -0.39 is 0 Å². The topological polar surface area (TPSA) is 34.9 Å². The van der Waals surface area contributed by atoms with Crippen molar-refractivity contribution in [3.63, 3.8) is 0 Å². The number of carbonyl (C=O) groups is 1. The molecule has 4 aromatic rings. The van der Waals surface area contributed by atoms with Gasteiger partial charge < -0.3 is 0 Å². The van der Waals surface area contributed by atoms with Gasteiger partial charge in [0, 0.05) is 9.77 Å². The fraction of sp³-hybridized carbons (Fsp3) is 0.130. The number of aryl methyl sites for hydroxylation is 1. The van der Waals surface area contributed by atoms with Crippen LogP contribution in [0.1, 0.15) is 23.0 Å². The third-order valence-electron chi connectivity index (χ3n) is 4.66. The van der Waals surface area contributed by atoms with Gasteiger partial charge in [-0.15, -0.1) is 23.1 Å². The Balaban J connectivity index is 1.81. The first-order valence-electron chi connectivity index (χ1n) is 9.11. The summed E-state index contributed by atoms with van der Waals surface area (Å²) in [7, 11) is 0. The standard InChI is InChI=1S/C23H20N2OS2/c1-3-16-7-4-5-10-20(16)25-21(14-18(15-26)24-25)23-12-11-22(28-23)17-8-6-9-19(13-17)27-2/h4-15H,3H2,1-2H3. The Morgan fingerprint density at radius 1 is 1.04 bits per heavy atom. The smallest absolute Gasteiger partial charge is 0.170 e. The number of nitrogens with zero attached hydrogens (tertiary/aromatic N) is 2. The fourth-order valence-electron chi connectivity index (χ4n) is 3.24. The lowest BCUT2D eigenvalue weighted by Crippen LogP contribution is -2.02.